The first-order valence-corrected chi connectivity index (χ1v) is 10.5. The van der Waals surface area contributed by atoms with Crippen molar-refractivity contribution in [3.63, 3.8) is 0 Å². The first-order valence-electron chi connectivity index (χ1n) is 10.5. The number of allylic oxidation sites excluding steroid dienone is 1. The minimum atomic E-state index is -1.03. The van der Waals surface area contributed by atoms with Crippen molar-refractivity contribution in [1.82, 2.24) is 0 Å². The molecule has 0 amide bonds. The van der Waals surface area contributed by atoms with E-state index in [0.717, 1.165) is 51.4 Å². The smallest absolute Gasteiger partial charge is 0.332 e. The molecule has 0 heterocycles. The summed E-state index contributed by atoms with van der Waals surface area (Å²) in [4.78, 5) is 11.1. The quantitative estimate of drug-likeness (QED) is 0.199. The number of rotatable bonds is 19. The highest BCUT2D eigenvalue weighted by Crippen LogP contribution is 2.12. The van der Waals surface area contributed by atoms with Gasteiger partial charge in [0, 0.05) is 0 Å². The van der Waals surface area contributed by atoms with Gasteiger partial charge in [0.25, 0.3) is 0 Å². The molecule has 0 radical (unpaired) electrons. The van der Waals surface area contributed by atoms with E-state index in [2.05, 4.69) is 19.1 Å². The largest absolute Gasteiger partial charge is 0.479 e. The highest BCUT2D eigenvalue weighted by atomic mass is 16.5. The first kappa shape index (κ1) is 26.1. The molecule has 0 aliphatic heterocycles. The molecule has 27 heavy (non-hydrogen) atoms. The first-order chi connectivity index (χ1) is 13.0. The molecule has 3 atom stereocenters. The fraction of sp³-hybridized carbons (Fsp3) is 0.857. The molecule has 0 aliphatic rings. The number of aliphatic hydroxyl groups excluding tert-OH is 3. The van der Waals surface area contributed by atoms with Crippen molar-refractivity contribution in [3.05, 3.63) is 12.2 Å². The van der Waals surface area contributed by atoms with Crippen molar-refractivity contribution in [2.75, 3.05) is 13.2 Å². The Balaban J connectivity index is 3.62. The van der Waals surface area contributed by atoms with Gasteiger partial charge in [0.15, 0.2) is 6.10 Å². The second-order valence-corrected chi connectivity index (χ2v) is 7.20. The van der Waals surface area contributed by atoms with Gasteiger partial charge in [-0.3, -0.25) is 0 Å². The van der Waals surface area contributed by atoms with Gasteiger partial charge in [0.1, 0.15) is 6.10 Å². The summed E-state index contributed by atoms with van der Waals surface area (Å²) in [5.41, 5.74) is 0. The number of aliphatic hydroxyl groups is 3. The maximum absolute atomic E-state index is 11.1. The van der Waals surface area contributed by atoms with Crippen LogP contribution in [-0.4, -0.2) is 57.9 Å². The van der Waals surface area contributed by atoms with Gasteiger partial charge in [-0.2, -0.15) is 0 Å². The van der Waals surface area contributed by atoms with E-state index in [1.165, 1.54) is 19.3 Å². The normalized spacial score (nSPS) is 15.1. The second kappa shape index (κ2) is 18.4. The molecular formula is C21H40O6. The maximum atomic E-state index is 11.1. The van der Waals surface area contributed by atoms with Crippen LogP contribution in [0.15, 0.2) is 12.2 Å². The van der Waals surface area contributed by atoms with Crippen LogP contribution in [0.25, 0.3) is 0 Å². The predicted octanol–water partition coefficient (Wildman–Crippen LogP) is 3.43. The van der Waals surface area contributed by atoms with Crippen LogP contribution < -0.4 is 0 Å². The molecule has 0 saturated heterocycles. The summed E-state index contributed by atoms with van der Waals surface area (Å²) in [6.07, 6.45) is 13.5. The van der Waals surface area contributed by atoms with E-state index in [0.29, 0.717) is 6.42 Å². The number of ether oxygens (including phenoxy) is 1. The number of carboxylic acid groups (broad SMARTS) is 1. The third-order valence-corrected chi connectivity index (χ3v) is 4.53. The SMILES string of the molecule is CCCCCC[C@@H](O)C/C=C\CCCCCCC(OCC(O)CO)C(=O)O. The van der Waals surface area contributed by atoms with Crippen molar-refractivity contribution in [3.8, 4) is 0 Å². The summed E-state index contributed by atoms with van der Waals surface area (Å²) in [7, 11) is 0. The lowest BCUT2D eigenvalue weighted by Gasteiger charge is -2.15. The van der Waals surface area contributed by atoms with E-state index >= 15 is 0 Å². The van der Waals surface area contributed by atoms with Gasteiger partial charge in [0.05, 0.1) is 19.3 Å². The summed E-state index contributed by atoms with van der Waals surface area (Å²) in [6.45, 7) is 1.58. The standard InChI is InChI=1S/C21H40O6/c1-2-3-4-10-13-18(23)14-11-8-6-5-7-9-12-15-20(21(25)26)27-17-19(24)16-22/h8,11,18-20,22-24H,2-7,9-10,12-17H2,1H3,(H,25,26)/b11-8-/t18-,19?,20?/m1/s1. The topological polar surface area (TPSA) is 107 Å². The second-order valence-electron chi connectivity index (χ2n) is 7.20. The van der Waals surface area contributed by atoms with Crippen LogP contribution in [0.2, 0.25) is 0 Å². The zero-order chi connectivity index (χ0) is 20.3. The number of hydrogen-bond acceptors (Lipinski definition) is 5. The van der Waals surface area contributed by atoms with Crippen LogP contribution >= 0.6 is 0 Å². The summed E-state index contributed by atoms with van der Waals surface area (Å²) in [5, 5.41) is 36.9. The van der Waals surface area contributed by atoms with Crippen LogP contribution in [0, 0.1) is 0 Å². The monoisotopic (exact) mass is 388 g/mol. The Bertz CT molecular complexity index is 372. The molecule has 2 unspecified atom stereocenters. The fourth-order valence-electron chi connectivity index (χ4n) is 2.80. The number of carbonyl (C=O) groups is 1. The van der Waals surface area contributed by atoms with E-state index < -0.39 is 24.8 Å². The fourth-order valence-corrected chi connectivity index (χ4v) is 2.80. The van der Waals surface area contributed by atoms with Gasteiger partial charge < -0.3 is 25.2 Å². The number of hydrogen-bond donors (Lipinski definition) is 4. The molecule has 0 rings (SSSR count). The number of unbranched alkanes of at least 4 members (excludes halogenated alkanes) is 7. The molecule has 0 aromatic heterocycles. The Morgan fingerprint density at radius 2 is 1.59 bits per heavy atom. The summed E-state index contributed by atoms with van der Waals surface area (Å²) < 4.78 is 5.14. The minimum absolute atomic E-state index is 0.164. The Labute approximate surface area is 164 Å². The molecular weight excluding hydrogens is 348 g/mol. The zero-order valence-corrected chi connectivity index (χ0v) is 16.9. The summed E-state index contributed by atoms with van der Waals surface area (Å²) in [5.74, 6) is -1.03. The van der Waals surface area contributed by atoms with Crippen LogP contribution in [0.3, 0.4) is 0 Å². The van der Waals surface area contributed by atoms with Gasteiger partial charge in [-0.1, -0.05) is 64.0 Å². The summed E-state index contributed by atoms with van der Waals surface area (Å²) in [6, 6.07) is 0. The molecule has 0 aromatic carbocycles. The minimum Gasteiger partial charge on any atom is -0.479 e. The molecule has 0 aromatic rings. The van der Waals surface area contributed by atoms with Crippen molar-refractivity contribution >= 4 is 5.97 Å². The lowest BCUT2D eigenvalue weighted by molar-refractivity contribution is -0.153. The van der Waals surface area contributed by atoms with Gasteiger partial charge in [0.2, 0.25) is 0 Å². The van der Waals surface area contributed by atoms with Gasteiger partial charge in [-0.15, -0.1) is 0 Å². The average molecular weight is 389 g/mol. The van der Waals surface area contributed by atoms with Crippen LogP contribution in [0.1, 0.15) is 84.0 Å². The molecule has 6 heteroatoms. The molecule has 0 fully saturated rings. The molecule has 0 bridgehead atoms. The number of carboxylic acids is 1. The average Bonchev–Trinajstić information content (AvgIpc) is 2.65. The molecule has 0 saturated carbocycles. The Morgan fingerprint density at radius 1 is 0.926 bits per heavy atom. The van der Waals surface area contributed by atoms with Crippen LogP contribution in [0.5, 0.6) is 0 Å². The molecule has 160 valence electrons. The van der Waals surface area contributed by atoms with E-state index in [4.69, 9.17) is 14.9 Å². The lowest BCUT2D eigenvalue weighted by atomic mass is 10.1. The number of aliphatic carboxylic acids is 1. The lowest BCUT2D eigenvalue weighted by Crippen LogP contribution is -2.29. The Morgan fingerprint density at radius 3 is 2.26 bits per heavy atom. The van der Waals surface area contributed by atoms with Gasteiger partial charge >= 0.3 is 5.97 Å². The van der Waals surface area contributed by atoms with E-state index in [-0.39, 0.29) is 12.7 Å². The van der Waals surface area contributed by atoms with E-state index in [1.807, 2.05) is 0 Å². The van der Waals surface area contributed by atoms with E-state index in [9.17, 15) is 15.0 Å². The van der Waals surface area contributed by atoms with E-state index in [1.54, 1.807) is 0 Å². The summed E-state index contributed by atoms with van der Waals surface area (Å²) >= 11 is 0. The van der Waals surface area contributed by atoms with Crippen molar-refractivity contribution < 1.29 is 30.0 Å². The highest BCUT2D eigenvalue weighted by molar-refractivity contribution is 5.72. The van der Waals surface area contributed by atoms with Crippen molar-refractivity contribution in [2.45, 2.75) is 102 Å². The molecule has 6 nitrogen and oxygen atoms in total. The third kappa shape index (κ3) is 16.9. The zero-order valence-electron chi connectivity index (χ0n) is 16.9. The van der Waals surface area contributed by atoms with Crippen LogP contribution in [-0.2, 0) is 9.53 Å². The molecule has 4 N–H and O–H groups in total. The van der Waals surface area contributed by atoms with Crippen LogP contribution in [0.4, 0.5) is 0 Å². The van der Waals surface area contributed by atoms with Gasteiger partial charge in [-0.25, -0.2) is 4.79 Å². The predicted molar refractivity (Wildman–Crippen MR) is 107 cm³/mol. The highest BCUT2D eigenvalue weighted by Gasteiger charge is 2.18. The molecule has 0 aliphatic carbocycles. The van der Waals surface area contributed by atoms with Crippen molar-refractivity contribution in [2.24, 2.45) is 0 Å². The Kier molecular flexibility index (Phi) is 17.8. The maximum Gasteiger partial charge on any atom is 0.332 e. The van der Waals surface area contributed by atoms with Gasteiger partial charge in [-0.05, 0) is 32.1 Å². The molecule has 0 spiro atoms. The Hall–Kier alpha value is -0.950. The van der Waals surface area contributed by atoms with Crippen molar-refractivity contribution in [1.29, 1.82) is 0 Å². The third-order valence-electron chi connectivity index (χ3n) is 4.53.